The Balaban J connectivity index is 2.12. The van der Waals surface area contributed by atoms with Crippen LogP contribution in [0, 0.1) is 18.8 Å². The highest BCUT2D eigenvalue weighted by molar-refractivity contribution is 7.89. The normalized spacial score (nSPS) is 17.1. The van der Waals surface area contributed by atoms with Gasteiger partial charge >= 0.3 is 0 Å². The van der Waals surface area contributed by atoms with Gasteiger partial charge in [-0.2, -0.15) is 0 Å². The summed E-state index contributed by atoms with van der Waals surface area (Å²) in [5.41, 5.74) is 1.77. The van der Waals surface area contributed by atoms with Gasteiger partial charge in [-0.25, -0.2) is 13.1 Å². The van der Waals surface area contributed by atoms with Crippen LogP contribution in [0.4, 0.5) is 0 Å². The first kappa shape index (κ1) is 15.5. The third kappa shape index (κ3) is 3.81. The molecule has 0 spiro atoms. The Kier molecular flexibility index (Phi) is 4.83. The second-order valence-corrected chi connectivity index (χ2v) is 7.53. The fourth-order valence-electron chi connectivity index (χ4n) is 2.40. The highest BCUT2D eigenvalue weighted by Gasteiger charge is 2.29. The monoisotopic (exact) mass is 296 g/mol. The Bertz CT molecular complexity index is 565. The van der Waals surface area contributed by atoms with Gasteiger partial charge in [0.25, 0.3) is 0 Å². The molecule has 0 heterocycles. The van der Waals surface area contributed by atoms with E-state index < -0.39 is 10.0 Å². The molecule has 5 heteroatoms. The van der Waals surface area contributed by atoms with Crippen LogP contribution in [0.1, 0.15) is 30.9 Å². The molecule has 1 aliphatic carbocycles. The molecule has 1 aromatic carbocycles. The van der Waals surface area contributed by atoms with Gasteiger partial charge in [-0.3, -0.25) is 0 Å². The topological polar surface area (TPSA) is 58.2 Å². The van der Waals surface area contributed by atoms with Crippen LogP contribution in [0.2, 0.25) is 0 Å². The zero-order valence-electron chi connectivity index (χ0n) is 12.4. The van der Waals surface area contributed by atoms with Gasteiger partial charge in [0, 0.05) is 13.1 Å². The lowest BCUT2D eigenvalue weighted by molar-refractivity contribution is 0.491. The van der Waals surface area contributed by atoms with Gasteiger partial charge in [0.15, 0.2) is 0 Å². The van der Waals surface area contributed by atoms with E-state index in [1.54, 1.807) is 6.07 Å². The van der Waals surface area contributed by atoms with E-state index in [0.717, 1.165) is 11.1 Å². The van der Waals surface area contributed by atoms with Crippen LogP contribution in [0.25, 0.3) is 0 Å². The third-order valence-electron chi connectivity index (χ3n) is 3.95. The summed E-state index contributed by atoms with van der Waals surface area (Å²) in [5.74, 6) is 1.12. The first-order valence-electron chi connectivity index (χ1n) is 7.18. The summed E-state index contributed by atoms with van der Waals surface area (Å²) in [5, 5.41) is 3.04. The summed E-state index contributed by atoms with van der Waals surface area (Å²) in [6, 6.07) is 5.58. The third-order valence-corrected chi connectivity index (χ3v) is 5.51. The van der Waals surface area contributed by atoms with Crippen LogP contribution in [0.15, 0.2) is 23.1 Å². The number of sulfonamides is 1. The quantitative estimate of drug-likeness (QED) is 0.809. The predicted octanol–water partition coefficient (Wildman–Crippen LogP) is 2.04. The predicted molar refractivity (Wildman–Crippen MR) is 81.0 cm³/mol. The van der Waals surface area contributed by atoms with Crippen molar-refractivity contribution >= 4 is 10.0 Å². The van der Waals surface area contributed by atoms with Crippen molar-refractivity contribution in [2.24, 2.45) is 11.8 Å². The molecule has 1 fully saturated rings. The molecular weight excluding hydrogens is 272 g/mol. The van der Waals surface area contributed by atoms with E-state index in [-0.39, 0.29) is 0 Å². The molecule has 1 aliphatic rings. The molecular formula is C15H24N2O2S. The summed E-state index contributed by atoms with van der Waals surface area (Å²) < 4.78 is 27.6. The van der Waals surface area contributed by atoms with E-state index >= 15 is 0 Å². The number of rotatable bonds is 7. The van der Waals surface area contributed by atoms with Crippen LogP contribution in [0.3, 0.4) is 0 Å². The number of hydrogen-bond donors (Lipinski definition) is 2. The largest absolute Gasteiger partial charge is 0.316 e. The highest BCUT2D eigenvalue weighted by atomic mass is 32.2. The minimum Gasteiger partial charge on any atom is -0.316 e. The van der Waals surface area contributed by atoms with Crippen molar-refractivity contribution < 1.29 is 8.42 Å². The molecule has 1 unspecified atom stereocenters. The molecule has 4 nitrogen and oxygen atoms in total. The summed E-state index contributed by atoms with van der Waals surface area (Å²) in [7, 11) is -1.56. The second-order valence-electron chi connectivity index (χ2n) is 5.80. The zero-order chi connectivity index (χ0) is 14.8. The number of hydrogen-bond acceptors (Lipinski definition) is 3. The van der Waals surface area contributed by atoms with Crippen molar-refractivity contribution in [3.63, 3.8) is 0 Å². The number of aryl methyl sites for hydroxylation is 1. The fraction of sp³-hybridized carbons (Fsp3) is 0.600. The van der Waals surface area contributed by atoms with Gasteiger partial charge in [-0.05, 0) is 55.8 Å². The van der Waals surface area contributed by atoms with Crippen molar-refractivity contribution in [2.75, 3.05) is 13.6 Å². The molecule has 0 radical (unpaired) electrons. The molecule has 0 amide bonds. The molecule has 0 bridgehead atoms. The minimum atomic E-state index is -3.41. The van der Waals surface area contributed by atoms with Crippen LogP contribution >= 0.6 is 0 Å². The van der Waals surface area contributed by atoms with Crippen LogP contribution in [-0.2, 0) is 16.6 Å². The molecule has 112 valence electrons. The number of nitrogens with one attached hydrogen (secondary N) is 2. The van der Waals surface area contributed by atoms with E-state index in [1.165, 1.54) is 12.8 Å². The van der Waals surface area contributed by atoms with Gasteiger partial charge in [-0.1, -0.05) is 19.1 Å². The van der Waals surface area contributed by atoms with Crippen molar-refractivity contribution in [1.29, 1.82) is 0 Å². The summed E-state index contributed by atoms with van der Waals surface area (Å²) in [6.45, 7) is 5.15. The maximum absolute atomic E-state index is 12.4. The van der Waals surface area contributed by atoms with Crippen molar-refractivity contribution in [2.45, 2.75) is 38.1 Å². The maximum Gasteiger partial charge on any atom is 0.240 e. The first-order valence-corrected chi connectivity index (χ1v) is 8.66. The lowest BCUT2D eigenvalue weighted by Crippen LogP contribution is -2.29. The van der Waals surface area contributed by atoms with Gasteiger partial charge in [0.1, 0.15) is 0 Å². The van der Waals surface area contributed by atoms with Gasteiger partial charge in [0.05, 0.1) is 4.90 Å². The van der Waals surface area contributed by atoms with Crippen LogP contribution < -0.4 is 10.0 Å². The molecule has 2 N–H and O–H groups in total. The average molecular weight is 296 g/mol. The fourth-order valence-corrected chi connectivity index (χ4v) is 3.84. The first-order chi connectivity index (χ1) is 9.44. The highest BCUT2D eigenvalue weighted by Crippen LogP contribution is 2.36. The Morgan fingerprint density at radius 2 is 2.05 bits per heavy atom. The van der Waals surface area contributed by atoms with Gasteiger partial charge in [0.2, 0.25) is 10.0 Å². The Morgan fingerprint density at radius 3 is 2.65 bits per heavy atom. The lowest BCUT2D eigenvalue weighted by atomic mass is 10.1. The standard InChI is InChI=1S/C15H24N2O2S/c1-11-4-5-13(10-16-3)8-15(11)20(18,19)17-9-12(2)14-6-7-14/h4-5,8,12,14,16-17H,6-7,9-10H2,1-3H3. The van der Waals surface area contributed by atoms with Crippen LogP contribution in [0.5, 0.6) is 0 Å². The molecule has 1 atom stereocenters. The summed E-state index contributed by atoms with van der Waals surface area (Å²) in [4.78, 5) is 0.397. The Morgan fingerprint density at radius 1 is 1.35 bits per heavy atom. The Labute approximate surface area is 122 Å². The average Bonchev–Trinajstić information content (AvgIpc) is 3.23. The molecule has 1 saturated carbocycles. The second kappa shape index (κ2) is 6.24. The smallest absolute Gasteiger partial charge is 0.240 e. The van der Waals surface area contributed by atoms with E-state index in [2.05, 4.69) is 17.0 Å². The van der Waals surface area contributed by atoms with E-state index in [1.807, 2.05) is 26.1 Å². The maximum atomic E-state index is 12.4. The molecule has 1 aromatic rings. The summed E-state index contributed by atoms with van der Waals surface area (Å²) >= 11 is 0. The van der Waals surface area contributed by atoms with Gasteiger partial charge < -0.3 is 5.32 Å². The SMILES string of the molecule is CNCc1ccc(C)c(S(=O)(=O)NCC(C)C2CC2)c1. The molecule has 0 aliphatic heterocycles. The molecule has 0 saturated heterocycles. The Hall–Kier alpha value is -0.910. The molecule has 2 rings (SSSR count). The van der Waals surface area contributed by atoms with Gasteiger partial charge in [-0.15, -0.1) is 0 Å². The zero-order valence-corrected chi connectivity index (χ0v) is 13.3. The van der Waals surface area contributed by atoms with Crippen molar-refractivity contribution in [1.82, 2.24) is 10.0 Å². The van der Waals surface area contributed by atoms with E-state index in [0.29, 0.717) is 29.8 Å². The van der Waals surface area contributed by atoms with Crippen molar-refractivity contribution in [3.8, 4) is 0 Å². The number of benzene rings is 1. The minimum absolute atomic E-state index is 0.397. The lowest BCUT2D eigenvalue weighted by Gasteiger charge is -2.14. The van der Waals surface area contributed by atoms with E-state index in [9.17, 15) is 8.42 Å². The van der Waals surface area contributed by atoms with Crippen molar-refractivity contribution in [3.05, 3.63) is 29.3 Å². The molecule has 20 heavy (non-hydrogen) atoms. The van der Waals surface area contributed by atoms with Crippen LogP contribution in [-0.4, -0.2) is 22.0 Å². The summed E-state index contributed by atoms with van der Waals surface area (Å²) in [6.07, 6.45) is 2.47. The molecule has 0 aromatic heterocycles. The van der Waals surface area contributed by atoms with E-state index in [4.69, 9.17) is 0 Å².